The zero-order valence-electron chi connectivity index (χ0n) is 17.4. The van der Waals surface area contributed by atoms with Crippen LogP contribution in [0.3, 0.4) is 0 Å². The second-order valence-electron chi connectivity index (χ2n) is 8.42. The van der Waals surface area contributed by atoms with Crippen LogP contribution in [-0.4, -0.2) is 63.0 Å². The van der Waals surface area contributed by atoms with E-state index in [0.29, 0.717) is 23.6 Å². The van der Waals surface area contributed by atoms with E-state index in [4.69, 9.17) is 4.74 Å². The topological polar surface area (TPSA) is 86.6 Å². The number of anilines is 2. The van der Waals surface area contributed by atoms with Gasteiger partial charge in [-0.05, 0) is 38.5 Å². The minimum absolute atomic E-state index is 0.331. The monoisotopic (exact) mass is 426 g/mol. The maximum Gasteiger partial charge on any atom is 0.243 e. The van der Waals surface area contributed by atoms with Gasteiger partial charge in [0.15, 0.2) is 6.23 Å². The van der Waals surface area contributed by atoms with Gasteiger partial charge in [-0.2, -0.15) is 4.98 Å². The third-order valence-electron chi connectivity index (χ3n) is 6.03. The third-order valence-corrected chi connectivity index (χ3v) is 6.84. The van der Waals surface area contributed by atoms with Gasteiger partial charge in [-0.15, -0.1) is 11.3 Å². The summed E-state index contributed by atoms with van der Waals surface area (Å²) in [5, 5.41) is 13.1. The number of aliphatic hydroxyl groups is 1. The molecule has 4 heterocycles. The van der Waals surface area contributed by atoms with E-state index < -0.39 is 11.8 Å². The Kier molecular flexibility index (Phi) is 4.76. The molecule has 0 bridgehead atoms. The lowest BCUT2D eigenvalue weighted by molar-refractivity contribution is -0.0242. The predicted octanol–water partition coefficient (Wildman–Crippen LogP) is 2.87. The normalized spacial score (nSPS) is 22.3. The second kappa shape index (κ2) is 7.33. The number of ether oxygens (including phenoxy) is 1. The molecule has 158 valence electrons. The quantitative estimate of drug-likeness (QED) is 0.661. The number of nitrogens with zero attached hydrogens (tertiary/aromatic N) is 5. The lowest BCUT2D eigenvalue weighted by Crippen LogP contribution is -2.50. The molecule has 1 aromatic carbocycles. The first-order valence-corrected chi connectivity index (χ1v) is 11.1. The van der Waals surface area contributed by atoms with Gasteiger partial charge in [0.1, 0.15) is 11.3 Å². The first-order chi connectivity index (χ1) is 14.4. The summed E-state index contributed by atoms with van der Waals surface area (Å²) < 4.78 is 7.13. The number of hydrogen-bond acceptors (Lipinski definition) is 9. The Morgan fingerprint density at radius 2 is 2.03 bits per heavy atom. The number of nitrogens with one attached hydrogen (secondary N) is 1. The van der Waals surface area contributed by atoms with Gasteiger partial charge >= 0.3 is 0 Å². The molecule has 0 amide bonds. The molecule has 2 unspecified atom stereocenters. The number of benzene rings is 1. The number of thiazole rings is 1. The molecular weight excluding hydrogens is 400 g/mol. The van der Waals surface area contributed by atoms with Crippen LogP contribution >= 0.6 is 11.3 Å². The van der Waals surface area contributed by atoms with Crippen LogP contribution in [0.25, 0.3) is 10.2 Å². The molecule has 0 spiro atoms. The van der Waals surface area contributed by atoms with Crippen molar-refractivity contribution in [3.05, 3.63) is 35.5 Å². The molecule has 3 aromatic rings. The number of aromatic nitrogens is 3. The fourth-order valence-corrected chi connectivity index (χ4v) is 4.63. The molecule has 0 saturated carbocycles. The lowest BCUT2D eigenvalue weighted by atomic mass is 10.1. The molecule has 2 aliphatic rings. The molecule has 2 N–H and O–H groups in total. The molecule has 2 atom stereocenters. The average molecular weight is 427 g/mol. The highest BCUT2D eigenvalue weighted by Crippen LogP contribution is 2.34. The number of fused-ring (bicyclic) bond motifs is 2. The summed E-state index contributed by atoms with van der Waals surface area (Å²) in [5.74, 6) is 1.15. The Labute approximate surface area is 179 Å². The molecule has 8 nitrogen and oxygen atoms in total. The van der Waals surface area contributed by atoms with Crippen molar-refractivity contribution < 1.29 is 9.84 Å². The molecule has 0 radical (unpaired) electrons. The zero-order valence-corrected chi connectivity index (χ0v) is 18.2. The Hall–Kier alpha value is -2.49. The van der Waals surface area contributed by atoms with Crippen LogP contribution in [0, 0.1) is 0 Å². The van der Waals surface area contributed by atoms with Gasteiger partial charge in [0, 0.05) is 32.2 Å². The third kappa shape index (κ3) is 3.46. The van der Waals surface area contributed by atoms with Crippen LogP contribution in [0.4, 0.5) is 11.6 Å². The maximum atomic E-state index is 10.1. The van der Waals surface area contributed by atoms with Crippen molar-refractivity contribution in [2.45, 2.75) is 38.6 Å². The van der Waals surface area contributed by atoms with Gasteiger partial charge in [0.2, 0.25) is 11.8 Å². The molecule has 1 saturated heterocycles. The fourth-order valence-electron chi connectivity index (χ4n) is 3.97. The van der Waals surface area contributed by atoms with Crippen LogP contribution < -0.4 is 15.0 Å². The average Bonchev–Trinajstić information content (AvgIpc) is 3.21. The van der Waals surface area contributed by atoms with Crippen molar-refractivity contribution in [1.82, 2.24) is 19.9 Å². The van der Waals surface area contributed by atoms with E-state index in [1.54, 1.807) is 17.5 Å². The van der Waals surface area contributed by atoms with Crippen molar-refractivity contribution >= 4 is 33.2 Å². The summed E-state index contributed by atoms with van der Waals surface area (Å²) in [6, 6.07) is 6.92. The zero-order chi connectivity index (χ0) is 20.9. The molecule has 1 fully saturated rings. The van der Waals surface area contributed by atoms with Crippen LogP contribution in [0.2, 0.25) is 0 Å². The van der Waals surface area contributed by atoms with Gasteiger partial charge in [0.25, 0.3) is 0 Å². The molecule has 5 rings (SSSR count). The fraction of sp³-hybridized carbons (Fsp3) is 0.476. The lowest BCUT2D eigenvalue weighted by Gasteiger charge is -2.39. The molecule has 9 heteroatoms. The Morgan fingerprint density at radius 3 is 2.83 bits per heavy atom. The highest BCUT2D eigenvalue weighted by atomic mass is 32.1. The largest absolute Gasteiger partial charge is 0.465 e. The summed E-state index contributed by atoms with van der Waals surface area (Å²) in [4.78, 5) is 18.2. The van der Waals surface area contributed by atoms with E-state index in [1.165, 1.54) is 10.3 Å². The first-order valence-electron chi connectivity index (χ1n) is 10.2. The minimum Gasteiger partial charge on any atom is -0.465 e. The Balaban J connectivity index is 1.27. The van der Waals surface area contributed by atoms with Crippen LogP contribution in [-0.2, 0) is 0 Å². The van der Waals surface area contributed by atoms with E-state index in [0.717, 1.165) is 31.7 Å². The molecule has 30 heavy (non-hydrogen) atoms. The molecular formula is C21H26N6O2S. The van der Waals surface area contributed by atoms with Crippen LogP contribution in [0.5, 0.6) is 5.88 Å². The predicted molar refractivity (Wildman–Crippen MR) is 118 cm³/mol. The van der Waals surface area contributed by atoms with E-state index in [1.807, 2.05) is 19.4 Å². The number of rotatable bonds is 3. The first kappa shape index (κ1) is 19.5. The van der Waals surface area contributed by atoms with Gasteiger partial charge in [0.05, 0.1) is 21.9 Å². The highest BCUT2D eigenvalue weighted by molar-refractivity contribution is 7.16. The highest BCUT2D eigenvalue weighted by Gasteiger charge is 2.37. The van der Waals surface area contributed by atoms with E-state index in [-0.39, 0.29) is 0 Å². The summed E-state index contributed by atoms with van der Waals surface area (Å²) >= 11 is 1.68. The summed E-state index contributed by atoms with van der Waals surface area (Å²) in [7, 11) is 0. The van der Waals surface area contributed by atoms with Crippen LogP contribution in [0.15, 0.2) is 29.9 Å². The van der Waals surface area contributed by atoms with Crippen molar-refractivity contribution in [3.63, 3.8) is 0 Å². The smallest absolute Gasteiger partial charge is 0.243 e. The van der Waals surface area contributed by atoms with E-state index >= 15 is 0 Å². The Bertz CT molecular complexity index is 1060. The van der Waals surface area contributed by atoms with E-state index in [2.05, 4.69) is 55.2 Å². The standard InChI is InChI=1S/C21H26N6O2S/c1-13(14-4-5-17-15(10-14)23-12-30-17)26-6-8-27(9-7-26)20-22-11-16-18(25-20)29-21(2,3)19(28)24-16/h4-5,10-13,19,24,28H,6-9H2,1-3H3. The Morgan fingerprint density at radius 1 is 1.23 bits per heavy atom. The molecule has 0 aliphatic carbocycles. The van der Waals surface area contributed by atoms with Crippen LogP contribution in [0.1, 0.15) is 32.4 Å². The number of hydrogen-bond donors (Lipinski definition) is 2. The SMILES string of the molecule is CC(c1ccc2scnc2c1)N1CCN(c2ncc3c(n2)OC(C)(C)C(O)N3)CC1. The summed E-state index contributed by atoms with van der Waals surface area (Å²) in [5.41, 5.74) is 4.15. The van der Waals surface area contributed by atoms with Gasteiger partial charge in [-0.3, -0.25) is 4.90 Å². The second-order valence-corrected chi connectivity index (χ2v) is 9.31. The minimum atomic E-state index is -0.798. The maximum absolute atomic E-state index is 10.1. The number of piperazine rings is 1. The molecule has 2 aromatic heterocycles. The van der Waals surface area contributed by atoms with Crippen molar-refractivity contribution in [3.8, 4) is 5.88 Å². The van der Waals surface area contributed by atoms with Gasteiger partial charge in [-0.1, -0.05) is 6.07 Å². The van der Waals surface area contributed by atoms with Crippen molar-refractivity contribution in [2.75, 3.05) is 36.4 Å². The molecule has 2 aliphatic heterocycles. The number of aliphatic hydroxyl groups excluding tert-OH is 1. The summed E-state index contributed by atoms with van der Waals surface area (Å²) in [6.07, 6.45) is 0.891. The van der Waals surface area contributed by atoms with Crippen molar-refractivity contribution in [2.24, 2.45) is 0 Å². The van der Waals surface area contributed by atoms with Crippen molar-refractivity contribution in [1.29, 1.82) is 0 Å². The summed E-state index contributed by atoms with van der Waals surface area (Å²) in [6.45, 7) is 9.48. The van der Waals surface area contributed by atoms with Gasteiger partial charge in [-0.25, -0.2) is 9.97 Å². The van der Waals surface area contributed by atoms with Gasteiger partial charge < -0.3 is 20.1 Å². The van der Waals surface area contributed by atoms with E-state index in [9.17, 15) is 5.11 Å².